The number of rotatable bonds is 7. The number of nitrogens with zero attached hydrogens (tertiary/aromatic N) is 2. The monoisotopic (exact) mass is 471 g/mol. The van der Waals surface area contributed by atoms with E-state index >= 15 is 0 Å². The van der Waals surface area contributed by atoms with Gasteiger partial charge in [-0.25, -0.2) is 0 Å². The molecule has 1 N–H and O–H groups in total. The molecule has 5 rings (SSSR count). The molecule has 0 saturated heterocycles. The minimum Gasteiger partial charge on any atom is -0.494 e. The molecular formula is C28H26ClN3O2. The van der Waals surface area contributed by atoms with Gasteiger partial charge < -0.3 is 9.64 Å². The molecule has 0 saturated carbocycles. The van der Waals surface area contributed by atoms with Crippen molar-refractivity contribution in [3.8, 4) is 17.0 Å². The van der Waals surface area contributed by atoms with Crippen LogP contribution in [0.5, 0.6) is 5.75 Å². The average molecular weight is 472 g/mol. The van der Waals surface area contributed by atoms with Gasteiger partial charge >= 0.3 is 0 Å². The number of nitrogens with one attached hydrogen (secondary N) is 1. The topological polar surface area (TPSA) is 58.2 Å². The number of aryl methyl sites for hydroxylation is 1. The van der Waals surface area contributed by atoms with Crippen molar-refractivity contribution in [2.75, 3.05) is 6.61 Å². The van der Waals surface area contributed by atoms with Gasteiger partial charge in [0.2, 0.25) is 0 Å². The zero-order valence-electron chi connectivity index (χ0n) is 19.2. The van der Waals surface area contributed by atoms with E-state index in [9.17, 15) is 4.79 Å². The number of fused-ring (bicyclic) bond motifs is 1. The van der Waals surface area contributed by atoms with Crippen molar-refractivity contribution in [3.63, 3.8) is 0 Å². The smallest absolute Gasteiger partial charge is 0.273 e. The van der Waals surface area contributed by atoms with Gasteiger partial charge in [-0.15, -0.1) is 0 Å². The third-order valence-electron chi connectivity index (χ3n) is 6.12. The van der Waals surface area contributed by atoms with Gasteiger partial charge in [0.15, 0.2) is 0 Å². The molecule has 1 unspecified atom stereocenters. The predicted molar refractivity (Wildman–Crippen MR) is 134 cm³/mol. The molecule has 0 spiro atoms. The normalized spacial score (nSPS) is 15.0. The number of benzene rings is 3. The molecule has 1 amide bonds. The van der Waals surface area contributed by atoms with Crippen LogP contribution in [-0.2, 0) is 6.54 Å². The van der Waals surface area contributed by atoms with Crippen molar-refractivity contribution in [3.05, 3.63) is 106 Å². The van der Waals surface area contributed by atoms with Crippen LogP contribution in [-0.4, -0.2) is 27.6 Å². The third-order valence-corrected chi connectivity index (χ3v) is 6.38. The Morgan fingerprint density at radius 2 is 1.71 bits per heavy atom. The van der Waals surface area contributed by atoms with Crippen LogP contribution in [0.2, 0.25) is 5.02 Å². The highest BCUT2D eigenvalue weighted by molar-refractivity contribution is 6.30. The molecule has 0 aliphatic carbocycles. The number of hydrogen-bond donors (Lipinski definition) is 1. The zero-order chi connectivity index (χ0) is 23.7. The van der Waals surface area contributed by atoms with E-state index in [0.29, 0.717) is 23.9 Å². The number of aromatic amines is 1. The van der Waals surface area contributed by atoms with Crippen molar-refractivity contribution in [1.82, 2.24) is 15.1 Å². The molecule has 1 aromatic heterocycles. The molecule has 3 aromatic carbocycles. The summed E-state index contributed by atoms with van der Waals surface area (Å²) in [5.41, 5.74) is 6.39. The minimum absolute atomic E-state index is 0.0559. The van der Waals surface area contributed by atoms with Gasteiger partial charge in [0, 0.05) is 22.7 Å². The van der Waals surface area contributed by atoms with E-state index in [1.54, 1.807) is 0 Å². The fraction of sp³-hybridized carbons (Fsp3) is 0.214. The average Bonchev–Trinajstić information content (AvgIpc) is 3.39. The Labute approximate surface area is 204 Å². The largest absolute Gasteiger partial charge is 0.494 e. The second kappa shape index (κ2) is 9.35. The summed E-state index contributed by atoms with van der Waals surface area (Å²) in [5.74, 6) is 0.768. The Balaban J connectivity index is 1.58. The number of carbonyl (C=O) groups is 1. The summed E-state index contributed by atoms with van der Waals surface area (Å²) in [4.78, 5) is 15.5. The van der Waals surface area contributed by atoms with Crippen LogP contribution in [0.25, 0.3) is 11.3 Å². The van der Waals surface area contributed by atoms with Crippen molar-refractivity contribution < 1.29 is 9.53 Å². The molecule has 5 nitrogen and oxygen atoms in total. The molecule has 2 heterocycles. The van der Waals surface area contributed by atoms with Crippen LogP contribution in [0.4, 0.5) is 0 Å². The number of carbonyl (C=O) groups excluding carboxylic acids is 1. The van der Waals surface area contributed by atoms with Crippen LogP contribution in [0.15, 0.2) is 72.8 Å². The molecule has 172 valence electrons. The quantitative estimate of drug-likeness (QED) is 0.331. The lowest BCUT2D eigenvalue weighted by Crippen LogP contribution is -2.29. The van der Waals surface area contributed by atoms with E-state index in [2.05, 4.69) is 48.3 Å². The number of H-pyrrole nitrogens is 1. The van der Waals surface area contributed by atoms with Crippen LogP contribution < -0.4 is 4.74 Å². The Morgan fingerprint density at radius 1 is 1.00 bits per heavy atom. The Bertz CT molecular complexity index is 1300. The number of hydrogen-bond acceptors (Lipinski definition) is 3. The molecule has 0 fully saturated rings. The summed E-state index contributed by atoms with van der Waals surface area (Å²) >= 11 is 6.11. The van der Waals surface area contributed by atoms with E-state index in [0.717, 1.165) is 40.1 Å². The first kappa shape index (κ1) is 22.2. The zero-order valence-corrected chi connectivity index (χ0v) is 20.0. The fourth-order valence-corrected chi connectivity index (χ4v) is 4.52. The van der Waals surface area contributed by atoms with E-state index in [1.165, 1.54) is 5.56 Å². The van der Waals surface area contributed by atoms with E-state index in [1.807, 2.05) is 53.4 Å². The second-order valence-electron chi connectivity index (χ2n) is 8.61. The maximum atomic E-state index is 13.6. The van der Waals surface area contributed by atoms with E-state index in [-0.39, 0.29) is 11.9 Å². The lowest BCUT2D eigenvalue weighted by atomic mass is 9.96. The van der Waals surface area contributed by atoms with Gasteiger partial charge in [-0.05, 0) is 48.7 Å². The van der Waals surface area contributed by atoms with Crippen molar-refractivity contribution in [1.29, 1.82) is 0 Å². The first-order chi connectivity index (χ1) is 16.5. The lowest BCUT2D eigenvalue weighted by Gasteiger charge is -2.27. The minimum atomic E-state index is -0.270. The highest BCUT2D eigenvalue weighted by Gasteiger charge is 2.42. The Morgan fingerprint density at radius 3 is 2.38 bits per heavy atom. The molecule has 1 atom stereocenters. The van der Waals surface area contributed by atoms with Crippen LogP contribution >= 0.6 is 11.6 Å². The van der Waals surface area contributed by atoms with Crippen molar-refractivity contribution in [2.24, 2.45) is 0 Å². The molecule has 4 aromatic rings. The van der Waals surface area contributed by atoms with Crippen molar-refractivity contribution in [2.45, 2.75) is 32.9 Å². The van der Waals surface area contributed by atoms with Gasteiger partial charge in [0.05, 0.1) is 18.3 Å². The van der Waals surface area contributed by atoms with Crippen LogP contribution in [0.1, 0.15) is 52.1 Å². The van der Waals surface area contributed by atoms with Crippen LogP contribution in [0.3, 0.4) is 0 Å². The lowest BCUT2D eigenvalue weighted by molar-refractivity contribution is 0.0730. The number of aromatic nitrogens is 2. The van der Waals surface area contributed by atoms with Gasteiger partial charge in [-0.2, -0.15) is 5.10 Å². The summed E-state index contributed by atoms with van der Waals surface area (Å²) in [5, 5.41) is 8.21. The Hall–Kier alpha value is -3.57. The molecule has 0 radical (unpaired) electrons. The van der Waals surface area contributed by atoms with Gasteiger partial charge in [0.1, 0.15) is 11.4 Å². The highest BCUT2D eigenvalue weighted by Crippen LogP contribution is 2.43. The number of halogens is 1. The summed E-state index contributed by atoms with van der Waals surface area (Å²) < 4.78 is 5.77. The fourth-order valence-electron chi connectivity index (χ4n) is 4.39. The first-order valence-electron chi connectivity index (χ1n) is 11.5. The van der Waals surface area contributed by atoms with Gasteiger partial charge in [-0.1, -0.05) is 72.6 Å². The molecule has 1 aliphatic rings. The maximum absolute atomic E-state index is 13.6. The first-order valence-corrected chi connectivity index (χ1v) is 11.9. The predicted octanol–water partition coefficient (Wildman–Crippen LogP) is 6.57. The molecular weight excluding hydrogens is 446 g/mol. The van der Waals surface area contributed by atoms with E-state index in [4.69, 9.17) is 16.3 Å². The van der Waals surface area contributed by atoms with Gasteiger partial charge in [0.25, 0.3) is 5.91 Å². The maximum Gasteiger partial charge on any atom is 0.273 e. The van der Waals surface area contributed by atoms with Crippen LogP contribution in [0, 0.1) is 6.92 Å². The highest BCUT2D eigenvalue weighted by atomic mass is 35.5. The Kier molecular flexibility index (Phi) is 6.12. The summed E-state index contributed by atoms with van der Waals surface area (Å²) in [6.45, 7) is 5.32. The van der Waals surface area contributed by atoms with E-state index < -0.39 is 0 Å². The molecule has 34 heavy (non-hydrogen) atoms. The summed E-state index contributed by atoms with van der Waals surface area (Å²) in [7, 11) is 0. The molecule has 0 bridgehead atoms. The summed E-state index contributed by atoms with van der Waals surface area (Å²) in [6, 6.07) is 23.6. The van der Waals surface area contributed by atoms with Crippen molar-refractivity contribution >= 4 is 17.5 Å². The number of ether oxygens (including phenoxy) is 1. The SMILES string of the molecule is CCCOc1ccc(C2c3c(-c4ccc(Cl)cc4)n[nH]c3C(=O)N2Cc2ccc(C)cc2)cc1. The molecule has 1 aliphatic heterocycles. The molecule has 6 heteroatoms. The summed E-state index contributed by atoms with van der Waals surface area (Å²) in [6.07, 6.45) is 0.950. The third kappa shape index (κ3) is 4.19. The second-order valence-corrected chi connectivity index (χ2v) is 9.04. The van der Waals surface area contributed by atoms with Gasteiger partial charge in [-0.3, -0.25) is 9.89 Å². The number of amides is 1. The standard InChI is InChI=1S/C28H26ClN3O2/c1-3-16-34-23-14-10-21(11-15-23)27-24-25(20-8-12-22(29)13-9-20)30-31-26(24)28(33)32(27)17-19-6-4-18(2)5-7-19/h4-15,27H,3,16-17H2,1-2H3,(H,30,31).